The van der Waals surface area contributed by atoms with Crippen molar-refractivity contribution in [2.45, 2.75) is 20.0 Å². The third-order valence-corrected chi connectivity index (χ3v) is 2.81. The highest BCUT2D eigenvalue weighted by molar-refractivity contribution is 6.03. The van der Waals surface area contributed by atoms with E-state index in [0.29, 0.717) is 0 Å². The quantitative estimate of drug-likeness (QED) is 0.567. The lowest BCUT2D eigenvalue weighted by Crippen LogP contribution is -2.17. The van der Waals surface area contributed by atoms with Crippen LogP contribution in [0.5, 0.6) is 0 Å². The molecule has 2 rings (SSSR count). The maximum absolute atomic E-state index is 10.6. The molecule has 0 spiro atoms. The van der Waals surface area contributed by atoms with Gasteiger partial charge in [-0.25, -0.2) is 0 Å². The normalized spacial score (nSPS) is 23.8. The largest absolute Gasteiger partial charge is 0.392 e. The van der Waals surface area contributed by atoms with Gasteiger partial charge in [0.15, 0.2) is 0 Å². The van der Waals surface area contributed by atoms with E-state index in [1.807, 2.05) is 19.9 Å². The third-order valence-electron chi connectivity index (χ3n) is 2.81. The highest BCUT2D eigenvalue weighted by atomic mass is 16.6. The number of oxime groups is 1. The Labute approximate surface area is 92.9 Å². The first-order valence-corrected chi connectivity index (χ1v) is 5.08. The lowest BCUT2D eigenvalue weighted by atomic mass is 9.95. The molecule has 0 saturated heterocycles. The van der Waals surface area contributed by atoms with E-state index in [4.69, 9.17) is 4.84 Å². The highest BCUT2D eigenvalue weighted by Gasteiger charge is 2.28. The molecule has 5 heteroatoms. The molecule has 2 unspecified atom stereocenters. The van der Waals surface area contributed by atoms with E-state index in [2.05, 4.69) is 5.16 Å². The molecule has 16 heavy (non-hydrogen) atoms. The third kappa shape index (κ3) is 1.76. The van der Waals surface area contributed by atoms with Crippen molar-refractivity contribution in [1.82, 2.24) is 0 Å². The monoisotopic (exact) mass is 220 g/mol. The van der Waals surface area contributed by atoms with Crippen molar-refractivity contribution >= 4 is 11.4 Å². The Hall–Kier alpha value is -1.91. The van der Waals surface area contributed by atoms with E-state index in [9.17, 15) is 10.1 Å². The molecule has 1 aromatic rings. The van der Waals surface area contributed by atoms with Crippen LogP contribution in [-0.2, 0) is 4.84 Å². The van der Waals surface area contributed by atoms with E-state index in [0.717, 1.165) is 11.3 Å². The lowest BCUT2D eigenvalue weighted by molar-refractivity contribution is -0.384. The van der Waals surface area contributed by atoms with Crippen LogP contribution in [0.2, 0.25) is 0 Å². The fourth-order valence-electron chi connectivity index (χ4n) is 1.63. The molecule has 0 aromatic heterocycles. The van der Waals surface area contributed by atoms with Gasteiger partial charge >= 0.3 is 0 Å². The van der Waals surface area contributed by atoms with Gasteiger partial charge in [0.05, 0.1) is 10.6 Å². The summed E-state index contributed by atoms with van der Waals surface area (Å²) < 4.78 is 0. The van der Waals surface area contributed by atoms with Crippen molar-refractivity contribution in [2.75, 3.05) is 0 Å². The highest BCUT2D eigenvalue weighted by Crippen LogP contribution is 2.24. The summed E-state index contributed by atoms with van der Waals surface area (Å²) in [7, 11) is 0. The molecule has 84 valence electrons. The molecule has 0 saturated carbocycles. The Morgan fingerprint density at radius 1 is 1.44 bits per heavy atom. The molecule has 0 aliphatic carbocycles. The second-order valence-corrected chi connectivity index (χ2v) is 3.88. The maximum Gasteiger partial charge on any atom is 0.270 e. The second-order valence-electron chi connectivity index (χ2n) is 3.88. The van der Waals surface area contributed by atoms with Crippen molar-refractivity contribution in [3.05, 3.63) is 39.9 Å². The fraction of sp³-hybridized carbons (Fsp3) is 0.364. The molecule has 0 amide bonds. The smallest absolute Gasteiger partial charge is 0.270 e. The van der Waals surface area contributed by atoms with Crippen LogP contribution >= 0.6 is 0 Å². The summed E-state index contributed by atoms with van der Waals surface area (Å²) in [6, 6.07) is 6.46. The summed E-state index contributed by atoms with van der Waals surface area (Å²) in [4.78, 5) is 15.4. The molecule has 2 atom stereocenters. The van der Waals surface area contributed by atoms with Crippen LogP contribution in [0.1, 0.15) is 19.4 Å². The predicted molar refractivity (Wildman–Crippen MR) is 59.3 cm³/mol. The van der Waals surface area contributed by atoms with Crippen LogP contribution in [0.15, 0.2) is 29.4 Å². The Kier molecular flexibility index (Phi) is 2.60. The summed E-state index contributed by atoms with van der Waals surface area (Å²) in [5, 5.41) is 14.6. The minimum Gasteiger partial charge on any atom is -0.392 e. The number of hydrogen-bond acceptors (Lipinski definition) is 4. The first-order valence-electron chi connectivity index (χ1n) is 5.08. The summed E-state index contributed by atoms with van der Waals surface area (Å²) in [5.41, 5.74) is 1.61. The second kappa shape index (κ2) is 3.92. The number of benzene rings is 1. The van der Waals surface area contributed by atoms with Crippen molar-refractivity contribution < 1.29 is 9.76 Å². The summed E-state index contributed by atoms with van der Waals surface area (Å²) in [6.45, 7) is 3.92. The van der Waals surface area contributed by atoms with E-state index in [-0.39, 0.29) is 17.7 Å². The molecule has 1 aliphatic heterocycles. The fourth-order valence-corrected chi connectivity index (χ4v) is 1.63. The van der Waals surface area contributed by atoms with Gasteiger partial charge in [0.25, 0.3) is 5.69 Å². The van der Waals surface area contributed by atoms with Crippen LogP contribution in [0.3, 0.4) is 0 Å². The maximum atomic E-state index is 10.6. The zero-order valence-electron chi connectivity index (χ0n) is 9.08. The molecule has 1 heterocycles. The van der Waals surface area contributed by atoms with Crippen LogP contribution < -0.4 is 0 Å². The molecule has 0 fully saturated rings. The van der Waals surface area contributed by atoms with E-state index in [1.165, 1.54) is 12.1 Å². The summed E-state index contributed by atoms with van der Waals surface area (Å²) in [5.74, 6) is 0.155. The Morgan fingerprint density at radius 2 is 2.19 bits per heavy atom. The zero-order chi connectivity index (χ0) is 11.7. The van der Waals surface area contributed by atoms with E-state index >= 15 is 0 Å². The van der Waals surface area contributed by atoms with Gasteiger partial charge in [-0.05, 0) is 6.92 Å². The molecular weight excluding hydrogens is 208 g/mol. The number of non-ortho nitro benzene ring substituents is 1. The van der Waals surface area contributed by atoms with Gasteiger partial charge in [-0.1, -0.05) is 24.2 Å². The molecule has 1 aromatic carbocycles. The Balaban J connectivity index is 2.35. The molecule has 1 aliphatic rings. The van der Waals surface area contributed by atoms with Gasteiger partial charge in [-0.3, -0.25) is 10.1 Å². The topological polar surface area (TPSA) is 64.7 Å². The van der Waals surface area contributed by atoms with Crippen molar-refractivity contribution in [2.24, 2.45) is 11.1 Å². The van der Waals surface area contributed by atoms with E-state index in [1.54, 1.807) is 6.07 Å². The Bertz CT molecular complexity index is 456. The minimum atomic E-state index is -0.409. The van der Waals surface area contributed by atoms with Crippen LogP contribution in [0.25, 0.3) is 0 Å². The molecule has 0 N–H and O–H groups in total. The number of nitro benzene ring substituents is 1. The summed E-state index contributed by atoms with van der Waals surface area (Å²) >= 11 is 0. The molecule has 0 bridgehead atoms. The van der Waals surface area contributed by atoms with Crippen LogP contribution in [0.4, 0.5) is 5.69 Å². The van der Waals surface area contributed by atoms with Gasteiger partial charge in [0, 0.05) is 23.6 Å². The van der Waals surface area contributed by atoms with Gasteiger partial charge in [0.2, 0.25) is 0 Å². The van der Waals surface area contributed by atoms with Gasteiger partial charge in [-0.15, -0.1) is 0 Å². The predicted octanol–water partition coefficient (Wildman–Crippen LogP) is 2.35. The zero-order valence-corrected chi connectivity index (χ0v) is 9.08. The average molecular weight is 220 g/mol. The van der Waals surface area contributed by atoms with Crippen molar-refractivity contribution in [3.63, 3.8) is 0 Å². The number of nitro groups is 1. The van der Waals surface area contributed by atoms with Gasteiger partial charge < -0.3 is 4.84 Å². The number of hydrogen-bond donors (Lipinski definition) is 0. The van der Waals surface area contributed by atoms with Gasteiger partial charge in [0.1, 0.15) is 6.10 Å². The lowest BCUT2D eigenvalue weighted by Gasteiger charge is -2.08. The minimum absolute atomic E-state index is 0.0225. The number of nitrogens with zero attached hydrogens (tertiary/aromatic N) is 2. The first-order chi connectivity index (χ1) is 7.59. The molecule has 0 radical (unpaired) electrons. The SMILES string of the molecule is CC1ON=C(c2cccc([N+](=O)[O-])c2)C1C. The van der Waals surface area contributed by atoms with E-state index < -0.39 is 4.92 Å². The standard InChI is InChI=1S/C11H12N2O3/c1-7-8(2)16-12-11(7)9-4-3-5-10(6-9)13(14)15/h3-8H,1-2H3. The summed E-state index contributed by atoms with van der Waals surface area (Å²) in [6.07, 6.45) is 0.0225. The average Bonchev–Trinajstić information content (AvgIpc) is 2.60. The number of rotatable bonds is 2. The van der Waals surface area contributed by atoms with Crippen molar-refractivity contribution in [3.8, 4) is 0 Å². The van der Waals surface area contributed by atoms with Crippen molar-refractivity contribution in [1.29, 1.82) is 0 Å². The van der Waals surface area contributed by atoms with Crippen LogP contribution in [-0.4, -0.2) is 16.7 Å². The molecule has 5 nitrogen and oxygen atoms in total. The van der Waals surface area contributed by atoms with Gasteiger partial charge in [-0.2, -0.15) is 0 Å². The molecular formula is C11H12N2O3. The first kappa shape index (κ1) is 10.6. The van der Waals surface area contributed by atoms with Crippen LogP contribution in [0, 0.1) is 16.0 Å². The Morgan fingerprint density at radius 3 is 2.75 bits per heavy atom.